The predicted molar refractivity (Wildman–Crippen MR) is 114 cm³/mol. The fraction of sp³-hybridized carbons (Fsp3) is 0.0952. The van der Waals surface area contributed by atoms with Gasteiger partial charge in [0, 0.05) is 18.2 Å². The number of H-pyrrole nitrogens is 1. The average Bonchev–Trinajstić information content (AvgIpc) is 3.21. The Morgan fingerprint density at radius 3 is 2.37 bits per heavy atom. The molecule has 0 unspecified atom stereocenters. The molecule has 2 N–H and O–H groups in total. The van der Waals surface area contributed by atoms with Crippen molar-refractivity contribution in [1.29, 1.82) is 0 Å². The lowest BCUT2D eigenvalue weighted by Gasteiger charge is -2.13. The fourth-order valence-electron chi connectivity index (χ4n) is 3.00. The molecular weight excluding hydrogens is 402 g/mol. The van der Waals surface area contributed by atoms with Crippen LogP contribution in [0.15, 0.2) is 65.5 Å². The van der Waals surface area contributed by atoms with E-state index in [1.54, 1.807) is 7.11 Å². The SMILES string of the molecule is COCc1nnc(NC(=O)c2c(-c3ccccc3)c(-c3ccccc3)n[nH]c2=O)s1. The molecule has 0 radical (unpaired) electrons. The molecule has 9 heteroatoms. The van der Waals surface area contributed by atoms with Crippen LogP contribution in [0.4, 0.5) is 5.13 Å². The van der Waals surface area contributed by atoms with E-state index >= 15 is 0 Å². The predicted octanol–water partition coefficient (Wildman–Crippen LogP) is 3.35. The fourth-order valence-corrected chi connectivity index (χ4v) is 3.71. The highest BCUT2D eigenvalue weighted by Gasteiger charge is 2.23. The third kappa shape index (κ3) is 4.02. The van der Waals surface area contributed by atoms with E-state index < -0.39 is 11.5 Å². The molecule has 0 saturated heterocycles. The summed E-state index contributed by atoms with van der Waals surface area (Å²) in [6.45, 7) is 0.288. The van der Waals surface area contributed by atoms with Crippen LogP contribution in [-0.2, 0) is 11.3 Å². The quantitative estimate of drug-likeness (QED) is 0.496. The smallest absolute Gasteiger partial charge is 0.277 e. The molecule has 8 nitrogen and oxygen atoms in total. The summed E-state index contributed by atoms with van der Waals surface area (Å²) in [6, 6.07) is 18.6. The minimum Gasteiger partial charge on any atom is -0.377 e. The Bertz CT molecular complexity index is 1220. The molecule has 150 valence electrons. The van der Waals surface area contributed by atoms with Gasteiger partial charge in [0.15, 0.2) is 0 Å². The number of rotatable bonds is 6. The zero-order valence-electron chi connectivity index (χ0n) is 16.0. The number of aromatic nitrogens is 4. The van der Waals surface area contributed by atoms with Crippen LogP contribution in [-0.4, -0.2) is 33.4 Å². The number of benzene rings is 2. The Labute approximate surface area is 175 Å². The number of carbonyl (C=O) groups excluding carboxylic acids is 1. The van der Waals surface area contributed by atoms with E-state index in [-0.39, 0.29) is 17.3 Å². The molecule has 0 fully saturated rings. The van der Waals surface area contributed by atoms with Crippen LogP contribution in [0.3, 0.4) is 0 Å². The number of hydrogen-bond acceptors (Lipinski definition) is 7. The molecule has 0 bridgehead atoms. The maximum absolute atomic E-state index is 13.1. The Kier molecular flexibility index (Phi) is 5.73. The summed E-state index contributed by atoms with van der Waals surface area (Å²) in [5.41, 5.74) is 1.80. The van der Waals surface area contributed by atoms with E-state index in [1.165, 1.54) is 11.3 Å². The van der Waals surface area contributed by atoms with Crippen molar-refractivity contribution in [1.82, 2.24) is 20.4 Å². The molecule has 2 heterocycles. The average molecular weight is 419 g/mol. The van der Waals surface area contributed by atoms with Crippen LogP contribution in [0.2, 0.25) is 0 Å². The second-order valence-electron chi connectivity index (χ2n) is 6.27. The summed E-state index contributed by atoms with van der Waals surface area (Å²) in [6.07, 6.45) is 0. The molecule has 30 heavy (non-hydrogen) atoms. The van der Waals surface area contributed by atoms with Crippen molar-refractivity contribution in [3.05, 3.63) is 81.6 Å². The number of nitrogens with zero attached hydrogens (tertiary/aromatic N) is 3. The summed E-state index contributed by atoms with van der Waals surface area (Å²) in [7, 11) is 1.55. The highest BCUT2D eigenvalue weighted by atomic mass is 32.1. The van der Waals surface area contributed by atoms with Gasteiger partial charge in [0.05, 0.1) is 5.69 Å². The standard InChI is InChI=1S/C21H17N5O3S/c1-29-12-15-23-26-21(30-15)22-19(27)17-16(13-8-4-2-5-9-13)18(24-25-20(17)28)14-10-6-3-7-11-14/h2-11H,12H2,1H3,(H,25,28)(H,22,26,27). The van der Waals surface area contributed by atoms with Gasteiger partial charge in [-0.2, -0.15) is 5.10 Å². The Balaban J connectivity index is 1.84. The van der Waals surface area contributed by atoms with Crippen LogP contribution < -0.4 is 10.9 Å². The minimum absolute atomic E-state index is 0.0430. The number of ether oxygens (including phenoxy) is 1. The highest BCUT2D eigenvalue weighted by molar-refractivity contribution is 7.15. The van der Waals surface area contributed by atoms with Crippen molar-refractivity contribution in [3.63, 3.8) is 0 Å². The normalized spacial score (nSPS) is 10.7. The van der Waals surface area contributed by atoms with Crippen molar-refractivity contribution in [2.75, 3.05) is 12.4 Å². The van der Waals surface area contributed by atoms with Crippen molar-refractivity contribution in [2.24, 2.45) is 0 Å². The number of amides is 1. The van der Waals surface area contributed by atoms with E-state index in [9.17, 15) is 9.59 Å². The number of anilines is 1. The molecule has 0 saturated carbocycles. The topological polar surface area (TPSA) is 110 Å². The van der Waals surface area contributed by atoms with Crippen LogP contribution >= 0.6 is 11.3 Å². The monoisotopic (exact) mass is 419 g/mol. The zero-order chi connectivity index (χ0) is 20.9. The maximum Gasteiger partial charge on any atom is 0.277 e. The number of aromatic amines is 1. The van der Waals surface area contributed by atoms with E-state index in [2.05, 4.69) is 25.7 Å². The first-order chi connectivity index (χ1) is 14.7. The minimum atomic E-state index is -0.590. The van der Waals surface area contributed by atoms with Gasteiger partial charge in [-0.25, -0.2) is 5.10 Å². The van der Waals surface area contributed by atoms with E-state index in [0.717, 1.165) is 5.56 Å². The van der Waals surface area contributed by atoms with Crippen LogP contribution in [0, 0.1) is 0 Å². The van der Waals surface area contributed by atoms with E-state index in [4.69, 9.17) is 4.74 Å². The number of methoxy groups -OCH3 is 1. The number of carbonyl (C=O) groups is 1. The van der Waals surface area contributed by atoms with E-state index in [1.807, 2.05) is 60.7 Å². The molecule has 0 aliphatic rings. The third-order valence-corrected chi connectivity index (χ3v) is 5.09. The number of hydrogen-bond donors (Lipinski definition) is 2. The summed E-state index contributed by atoms with van der Waals surface area (Å²) in [5, 5.41) is 18.2. The molecule has 2 aromatic carbocycles. The van der Waals surface area contributed by atoms with Crippen LogP contribution in [0.1, 0.15) is 15.4 Å². The van der Waals surface area contributed by atoms with Gasteiger partial charge in [0.2, 0.25) is 5.13 Å². The Morgan fingerprint density at radius 2 is 1.70 bits per heavy atom. The molecule has 0 spiro atoms. The summed E-state index contributed by atoms with van der Waals surface area (Å²) < 4.78 is 5.02. The van der Waals surface area contributed by atoms with Crippen molar-refractivity contribution < 1.29 is 9.53 Å². The van der Waals surface area contributed by atoms with Crippen molar-refractivity contribution in [3.8, 4) is 22.4 Å². The Morgan fingerprint density at radius 1 is 1.03 bits per heavy atom. The number of nitrogens with one attached hydrogen (secondary N) is 2. The van der Waals surface area contributed by atoms with Crippen LogP contribution in [0.5, 0.6) is 0 Å². The Hall–Kier alpha value is -3.69. The van der Waals surface area contributed by atoms with Gasteiger partial charge in [0.1, 0.15) is 17.2 Å². The molecule has 0 aliphatic heterocycles. The summed E-state index contributed by atoms with van der Waals surface area (Å²) in [5.74, 6) is -0.588. The molecule has 4 aromatic rings. The molecule has 4 rings (SSSR count). The van der Waals surface area contributed by atoms with Crippen molar-refractivity contribution >= 4 is 22.4 Å². The van der Waals surface area contributed by atoms with Crippen LogP contribution in [0.25, 0.3) is 22.4 Å². The first kappa shape index (κ1) is 19.6. The molecule has 0 atom stereocenters. The van der Waals surface area contributed by atoms with Gasteiger partial charge in [-0.15, -0.1) is 10.2 Å². The largest absolute Gasteiger partial charge is 0.377 e. The zero-order valence-corrected chi connectivity index (χ0v) is 16.8. The van der Waals surface area contributed by atoms with Gasteiger partial charge < -0.3 is 4.74 Å². The third-order valence-electron chi connectivity index (χ3n) is 4.27. The second kappa shape index (κ2) is 8.76. The summed E-state index contributed by atoms with van der Waals surface area (Å²) >= 11 is 1.18. The molecule has 2 aromatic heterocycles. The van der Waals surface area contributed by atoms with Gasteiger partial charge in [0.25, 0.3) is 11.5 Å². The van der Waals surface area contributed by atoms with Gasteiger partial charge >= 0.3 is 0 Å². The molecule has 0 aliphatic carbocycles. The maximum atomic E-state index is 13.1. The van der Waals surface area contributed by atoms with Crippen molar-refractivity contribution in [2.45, 2.75) is 6.61 Å². The molecular formula is C21H17N5O3S. The van der Waals surface area contributed by atoms with Gasteiger partial charge in [-0.1, -0.05) is 72.0 Å². The lowest BCUT2D eigenvalue weighted by atomic mass is 9.95. The summed E-state index contributed by atoms with van der Waals surface area (Å²) in [4.78, 5) is 25.8. The lowest BCUT2D eigenvalue weighted by Crippen LogP contribution is -2.26. The first-order valence-electron chi connectivity index (χ1n) is 9.03. The van der Waals surface area contributed by atoms with E-state index in [0.29, 0.717) is 21.8 Å². The highest BCUT2D eigenvalue weighted by Crippen LogP contribution is 2.32. The first-order valence-corrected chi connectivity index (χ1v) is 9.85. The molecule has 1 amide bonds. The van der Waals surface area contributed by atoms with Gasteiger partial charge in [-0.05, 0) is 5.56 Å². The lowest BCUT2D eigenvalue weighted by molar-refractivity contribution is 0.102. The van der Waals surface area contributed by atoms with Gasteiger partial charge in [-0.3, -0.25) is 14.9 Å². The second-order valence-corrected chi connectivity index (χ2v) is 7.33.